The summed E-state index contributed by atoms with van der Waals surface area (Å²) in [5.41, 5.74) is -1.09. The molecule has 0 unspecified atom stereocenters. The first kappa shape index (κ1) is 19.4. The molecule has 0 atom stereocenters. The number of oxime groups is 1. The summed E-state index contributed by atoms with van der Waals surface area (Å²) in [6.45, 7) is 10.1. The zero-order chi connectivity index (χ0) is 18.5. The molecule has 1 rings (SSSR count). The number of anilines is 1. The van der Waals surface area contributed by atoms with Gasteiger partial charge in [-0.25, -0.2) is 14.6 Å². The molecule has 1 N–H and O–H groups in total. The van der Waals surface area contributed by atoms with E-state index in [2.05, 4.69) is 10.1 Å². The lowest BCUT2D eigenvalue weighted by Gasteiger charge is -2.28. The first-order chi connectivity index (χ1) is 10.9. The Morgan fingerprint density at radius 3 is 1.92 bits per heavy atom. The van der Waals surface area contributed by atoms with Crippen LogP contribution in [0.1, 0.15) is 47.1 Å². The van der Waals surface area contributed by atoms with Crippen LogP contribution >= 0.6 is 0 Å². The number of carbonyl (C=O) groups excluding carboxylic acids is 2. The van der Waals surface area contributed by atoms with Gasteiger partial charge in [0, 0.05) is 11.8 Å². The van der Waals surface area contributed by atoms with Gasteiger partial charge in [-0.3, -0.25) is 0 Å². The maximum absolute atomic E-state index is 12.4. The predicted octanol–water partition coefficient (Wildman–Crippen LogP) is 3.57. The van der Waals surface area contributed by atoms with Crippen molar-refractivity contribution in [3.63, 3.8) is 0 Å². The highest BCUT2D eigenvalue weighted by molar-refractivity contribution is 6.08. The molecule has 132 valence electrons. The van der Waals surface area contributed by atoms with Gasteiger partial charge >= 0.3 is 12.2 Å². The Balaban J connectivity index is 3.17. The molecule has 1 aromatic heterocycles. The van der Waals surface area contributed by atoms with Gasteiger partial charge in [-0.2, -0.15) is 4.90 Å². The predicted molar refractivity (Wildman–Crippen MR) is 88.6 cm³/mol. The van der Waals surface area contributed by atoms with Crippen LogP contribution in [0.5, 0.6) is 0 Å². The molecule has 2 amide bonds. The van der Waals surface area contributed by atoms with Crippen LogP contribution in [0, 0.1) is 0 Å². The van der Waals surface area contributed by atoms with Gasteiger partial charge in [0.1, 0.15) is 17.0 Å². The number of imide groups is 1. The van der Waals surface area contributed by atoms with Gasteiger partial charge in [0.15, 0.2) is 0 Å². The summed E-state index contributed by atoms with van der Waals surface area (Å²) in [4.78, 5) is 29.5. The molecule has 0 saturated heterocycles. The fraction of sp³-hybridized carbons (Fsp3) is 0.500. The second kappa shape index (κ2) is 7.29. The van der Waals surface area contributed by atoms with Crippen LogP contribution in [0.3, 0.4) is 0 Å². The van der Waals surface area contributed by atoms with Crippen LogP contribution in [0.2, 0.25) is 0 Å². The van der Waals surface area contributed by atoms with Crippen LogP contribution in [-0.4, -0.2) is 39.8 Å². The van der Waals surface area contributed by atoms with E-state index in [1.807, 2.05) is 0 Å². The highest BCUT2D eigenvalue weighted by Gasteiger charge is 2.33. The standard InChI is InChI=1S/C16H23N3O5/c1-15(2,3)23-13(20)19(14(21)24-16(4,5)6)12-8-7-11(9-17-12)10-18-22/h7-10,22H,1-6H3/b18-10+. The van der Waals surface area contributed by atoms with Crippen molar-refractivity contribution in [2.24, 2.45) is 5.16 Å². The summed E-state index contributed by atoms with van der Waals surface area (Å²) in [5.74, 6) is 0.0357. The van der Waals surface area contributed by atoms with E-state index in [1.54, 1.807) is 41.5 Å². The molecule has 8 nitrogen and oxygen atoms in total. The largest absolute Gasteiger partial charge is 0.443 e. The molecule has 24 heavy (non-hydrogen) atoms. The van der Waals surface area contributed by atoms with E-state index in [0.717, 1.165) is 4.90 Å². The number of hydrogen-bond donors (Lipinski definition) is 1. The third-order valence-corrected chi connectivity index (χ3v) is 2.36. The van der Waals surface area contributed by atoms with Gasteiger partial charge < -0.3 is 14.7 Å². The SMILES string of the molecule is CC(C)(C)OC(=O)N(C(=O)OC(C)(C)C)c1ccc(/C=N/O)cn1. The number of hydrogen-bond acceptors (Lipinski definition) is 7. The second-order valence-corrected chi connectivity index (χ2v) is 6.99. The van der Waals surface area contributed by atoms with E-state index in [1.165, 1.54) is 24.5 Å². The average molecular weight is 337 g/mol. The Hall–Kier alpha value is -2.64. The topological polar surface area (TPSA) is 101 Å². The molecular formula is C16H23N3O5. The number of nitrogens with zero attached hydrogens (tertiary/aromatic N) is 3. The van der Waals surface area contributed by atoms with Gasteiger partial charge in [0.2, 0.25) is 0 Å². The maximum atomic E-state index is 12.4. The fourth-order valence-electron chi connectivity index (χ4n) is 1.55. The van der Waals surface area contributed by atoms with Gasteiger partial charge in [0.05, 0.1) is 6.21 Å². The number of aromatic nitrogens is 1. The smallest absolute Gasteiger partial charge is 0.425 e. The highest BCUT2D eigenvalue weighted by atomic mass is 16.6. The molecule has 0 aliphatic rings. The zero-order valence-corrected chi connectivity index (χ0v) is 14.7. The summed E-state index contributed by atoms with van der Waals surface area (Å²) in [5, 5.41) is 11.4. The van der Waals surface area contributed by atoms with Crippen molar-refractivity contribution in [1.82, 2.24) is 4.98 Å². The number of amides is 2. The minimum absolute atomic E-state index is 0.0357. The van der Waals surface area contributed by atoms with Crippen molar-refractivity contribution in [2.45, 2.75) is 52.7 Å². The fourth-order valence-corrected chi connectivity index (χ4v) is 1.55. The molecule has 1 heterocycles. The number of pyridine rings is 1. The first-order valence-corrected chi connectivity index (χ1v) is 7.32. The molecule has 0 aliphatic carbocycles. The minimum Gasteiger partial charge on any atom is -0.443 e. The molecule has 0 radical (unpaired) electrons. The Morgan fingerprint density at radius 1 is 1.08 bits per heavy atom. The van der Waals surface area contributed by atoms with Crippen LogP contribution in [0.4, 0.5) is 15.4 Å². The lowest BCUT2D eigenvalue weighted by Crippen LogP contribution is -2.44. The van der Waals surface area contributed by atoms with Gasteiger partial charge in [-0.15, -0.1) is 0 Å². The van der Waals surface area contributed by atoms with Crippen LogP contribution < -0.4 is 4.90 Å². The third kappa shape index (κ3) is 6.23. The van der Waals surface area contributed by atoms with E-state index < -0.39 is 23.4 Å². The molecule has 0 saturated carbocycles. The number of carbonyl (C=O) groups is 2. The van der Waals surface area contributed by atoms with Gasteiger partial charge in [-0.1, -0.05) is 5.16 Å². The molecule has 0 aliphatic heterocycles. The van der Waals surface area contributed by atoms with E-state index in [9.17, 15) is 9.59 Å². The van der Waals surface area contributed by atoms with Crippen molar-refractivity contribution < 1.29 is 24.3 Å². The lowest BCUT2D eigenvalue weighted by atomic mass is 10.2. The van der Waals surface area contributed by atoms with Gasteiger partial charge in [0.25, 0.3) is 0 Å². The highest BCUT2D eigenvalue weighted by Crippen LogP contribution is 2.20. The summed E-state index contributed by atoms with van der Waals surface area (Å²) < 4.78 is 10.5. The number of ether oxygens (including phenoxy) is 2. The summed E-state index contributed by atoms with van der Waals surface area (Å²) in [6.07, 6.45) is 0.722. The van der Waals surface area contributed by atoms with E-state index in [-0.39, 0.29) is 5.82 Å². The van der Waals surface area contributed by atoms with Gasteiger partial charge in [-0.05, 0) is 53.7 Å². The Morgan fingerprint density at radius 2 is 1.58 bits per heavy atom. The Kier molecular flexibility index (Phi) is 5.89. The first-order valence-electron chi connectivity index (χ1n) is 7.32. The van der Waals surface area contributed by atoms with Crippen LogP contribution in [0.25, 0.3) is 0 Å². The van der Waals surface area contributed by atoms with Crippen molar-refractivity contribution in [3.05, 3.63) is 23.9 Å². The van der Waals surface area contributed by atoms with Crippen LogP contribution in [-0.2, 0) is 9.47 Å². The normalized spacial score (nSPS) is 12.1. The van der Waals surface area contributed by atoms with E-state index >= 15 is 0 Å². The minimum atomic E-state index is -0.896. The molecule has 8 heteroatoms. The van der Waals surface area contributed by atoms with Crippen molar-refractivity contribution >= 4 is 24.2 Å². The van der Waals surface area contributed by atoms with Crippen molar-refractivity contribution in [1.29, 1.82) is 0 Å². The molecule has 1 aromatic rings. The maximum Gasteiger partial charge on any atom is 0.425 e. The second-order valence-electron chi connectivity index (χ2n) is 6.99. The monoisotopic (exact) mass is 337 g/mol. The molecule has 0 bridgehead atoms. The molecular weight excluding hydrogens is 314 g/mol. The summed E-state index contributed by atoms with van der Waals surface area (Å²) in [7, 11) is 0. The van der Waals surface area contributed by atoms with Crippen molar-refractivity contribution in [3.8, 4) is 0 Å². The molecule has 0 aromatic carbocycles. The summed E-state index contributed by atoms with van der Waals surface area (Å²) in [6, 6.07) is 2.95. The van der Waals surface area contributed by atoms with E-state index in [0.29, 0.717) is 5.56 Å². The Bertz CT molecular complexity index is 584. The lowest BCUT2D eigenvalue weighted by molar-refractivity contribution is 0.0429. The zero-order valence-electron chi connectivity index (χ0n) is 14.7. The average Bonchev–Trinajstić information content (AvgIpc) is 2.37. The van der Waals surface area contributed by atoms with Crippen LogP contribution in [0.15, 0.2) is 23.5 Å². The van der Waals surface area contributed by atoms with E-state index in [4.69, 9.17) is 14.7 Å². The quantitative estimate of drug-likeness (QED) is 0.503. The summed E-state index contributed by atoms with van der Waals surface area (Å²) >= 11 is 0. The molecule has 0 fully saturated rings. The third-order valence-electron chi connectivity index (χ3n) is 2.36. The van der Waals surface area contributed by atoms with Crippen molar-refractivity contribution in [2.75, 3.05) is 4.90 Å². The molecule has 0 spiro atoms. The number of rotatable bonds is 2. The Labute approximate surface area is 141 Å².